The lowest BCUT2D eigenvalue weighted by Gasteiger charge is -2.21. The molecule has 0 spiro atoms. The van der Waals surface area contributed by atoms with Crippen LogP contribution in [0.5, 0.6) is 0 Å². The highest BCUT2D eigenvalue weighted by atomic mass is 16.5. The molecule has 2 heterocycles. The number of hydrogen-bond acceptors (Lipinski definition) is 3. The lowest BCUT2D eigenvalue weighted by atomic mass is 9.89. The smallest absolute Gasteiger partial charge is 0.249 e. The Hall–Kier alpha value is -2.14. The number of amides is 1. The summed E-state index contributed by atoms with van der Waals surface area (Å²) in [5, 5.41) is 3.00. The Kier molecular flexibility index (Phi) is 4.76. The molecule has 5 heteroatoms. The normalized spacial score (nSPS) is 20.8. The van der Waals surface area contributed by atoms with Crippen molar-refractivity contribution in [1.29, 1.82) is 0 Å². The zero-order chi connectivity index (χ0) is 16.2. The van der Waals surface area contributed by atoms with E-state index in [-0.39, 0.29) is 12.0 Å². The summed E-state index contributed by atoms with van der Waals surface area (Å²) in [6.07, 6.45) is 4.17. The van der Waals surface area contributed by atoms with Crippen molar-refractivity contribution in [2.45, 2.75) is 32.9 Å². The van der Waals surface area contributed by atoms with E-state index in [1.54, 1.807) is 12.4 Å². The van der Waals surface area contributed by atoms with Gasteiger partial charge in [0.25, 0.3) is 0 Å². The van der Waals surface area contributed by atoms with Gasteiger partial charge in [-0.3, -0.25) is 4.79 Å². The second-order valence-corrected chi connectivity index (χ2v) is 6.34. The predicted molar refractivity (Wildman–Crippen MR) is 88.6 cm³/mol. The second-order valence-electron chi connectivity index (χ2n) is 6.34. The van der Waals surface area contributed by atoms with E-state index in [2.05, 4.69) is 29.1 Å². The largest absolute Gasteiger partial charge is 0.368 e. The molecular weight excluding hydrogens is 290 g/mol. The van der Waals surface area contributed by atoms with Gasteiger partial charge in [0, 0.05) is 31.1 Å². The van der Waals surface area contributed by atoms with E-state index in [9.17, 15) is 4.79 Å². The fourth-order valence-corrected chi connectivity index (χ4v) is 3.10. The van der Waals surface area contributed by atoms with Crippen LogP contribution in [0.4, 0.5) is 0 Å². The lowest BCUT2D eigenvalue weighted by molar-refractivity contribution is -0.132. The number of hydrogen-bond donors (Lipinski definition) is 2. The Morgan fingerprint density at radius 3 is 3.09 bits per heavy atom. The standard InChI is InChI=1S/C18H23N3O2/c1-12(2)15-6-9-23-16(15)18(22)21-11-13-4-3-5-14(10-13)17-19-7-8-20-17/h3-5,7-8,10,12,15-16H,6,9,11H2,1-2H3,(H,19,20)(H,21,22)/t15-,16-/m1/s1. The Balaban J connectivity index is 1.62. The van der Waals surface area contributed by atoms with Crippen molar-refractivity contribution in [2.75, 3.05) is 6.61 Å². The van der Waals surface area contributed by atoms with E-state index < -0.39 is 0 Å². The summed E-state index contributed by atoms with van der Waals surface area (Å²) in [7, 11) is 0. The zero-order valence-corrected chi connectivity index (χ0v) is 13.6. The van der Waals surface area contributed by atoms with E-state index in [1.807, 2.05) is 24.3 Å². The van der Waals surface area contributed by atoms with Crippen molar-refractivity contribution in [2.24, 2.45) is 11.8 Å². The number of benzene rings is 1. The average molecular weight is 313 g/mol. The number of H-pyrrole nitrogens is 1. The SMILES string of the molecule is CC(C)[C@H]1CCO[C@H]1C(=O)NCc1cccc(-c2ncc[nH]2)c1. The minimum absolute atomic E-state index is 0.00963. The van der Waals surface area contributed by atoms with Crippen LogP contribution in [0.3, 0.4) is 0 Å². The van der Waals surface area contributed by atoms with Crippen LogP contribution in [0.15, 0.2) is 36.7 Å². The summed E-state index contributed by atoms with van der Waals surface area (Å²) in [5.41, 5.74) is 2.06. The lowest BCUT2D eigenvalue weighted by Crippen LogP contribution is -2.39. The molecule has 5 nitrogen and oxygen atoms in total. The first-order valence-electron chi connectivity index (χ1n) is 8.13. The number of ether oxygens (including phenoxy) is 1. The van der Waals surface area contributed by atoms with Gasteiger partial charge < -0.3 is 15.0 Å². The molecule has 23 heavy (non-hydrogen) atoms. The molecule has 2 aromatic rings. The number of nitrogens with zero attached hydrogens (tertiary/aromatic N) is 1. The highest BCUT2D eigenvalue weighted by Crippen LogP contribution is 2.28. The zero-order valence-electron chi connectivity index (χ0n) is 13.6. The maximum absolute atomic E-state index is 12.4. The quantitative estimate of drug-likeness (QED) is 0.892. The molecule has 2 atom stereocenters. The van der Waals surface area contributed by atoms with Crippen LogP contribution in [0, 0.1) is 11.8 Å². The van der Waals surface area contributed by atoms with Crippen LogP contribution in [-0.4, -0.2) is 28.6 Å². The predicted octanol–water partition coefficient (Wildman–Crippen LogP) is 2.75. The van der Waals surface area contributed by atoms with E-state index in [0.717, 1.165) is 23.4 Å². The molecule has 2 N–H and O–H groups in total. The molecule has 0 bridgehead atoms. The van der Waals surface area contributed by atoms with Gasteiger partial charge >= 0.3 is 0 Å². The van der Waals surface area contributed by atoms with Gasteiger partial charge in [0.2, 0.25) is 5.91 Å². The molecule has 1 aliphatic heterocycles. The second kappa shape index (κ2) is 6.96. The van der Waals surface area contributed by atoms with Gasteiger partial charge in [-0.25, -0.2) is 4.98 Å². The first kappa shape index (κ1) is 15.7. The first-order valence-corrected chi connectivity index (χ1v) is 8.13. The molecule has 0 saturated carbocycles. The average Bonchev–Trinajstić information content (AvgIpc) is 3.23. The van der Waals surface area contributed by atoms with Crippen LogP contribution in [0.25, 0.3) is 11.4 Å². The molecule has 1 aromatic heterocycles. The third-order valence-corrected chi connectivity index (χ3v) is 4.42. The van der Waals surface area contributed by atoms with Gasteiger partial charge in [0.15, 0.2) is 0 Å². The maximum atomic E-state index is 12.4. The van der Waals surface area contributed by atoms with E-state index in [1.165, 1.54) is 0 Å². The Morgan fingerprint density at radius 2 is 2.35 bits per heavy atom. The Labute approximate surface area is 136 Å². The minimum Gasteiger partial charge on any atom is -0.368 e. The van der Waals surface area contributed by atoms with Crippen molar-refractivity contribution in [3.63, 3.8) is 0 Å². The summed E-state index contributed by atoms with van der Waals surface area (Å²) in [6, 6.07) is 8.01. The molecule has 1 fully saturated rings. The fraction of sp³-hybridized carbons (Fsp3) is 0.444. The van der Waals surface area contributed by atoms with E-state index in [4.69, 9.17) is 4.74 Å². The van der Waals surface area contributed by atoms with Gasteiger partial charge in [0.1, 0.15) is 11.9 Å². The number of rotatable bonds is 5. The van der Waals surface area contributed by atoms with Crippen LogP contribution >= 0.6 is 0 Å². The fourth-order valence-electron chi connectivity index (χ4n) is 3.10. The summed E-state index contributed by atoms with van der Waals surface area (Å²) in [5.74, 6) is 1.58. The van der Waals surface area contributed by atoms with Crippen LogP contribution < -0.4 is 5.32 Å². The molecule has 3 rings (SSSR count). The molecule has 1 aromatic carbocycles. The topological polar surface area (TPSA) is 67.0 Å². The maximum Gasteiger partial charge on any atom is 0.249 e. The van der Waals surface area contributed by atoms with E-state index in [0.29, 0.717) is 25.0 Å². The number of aromatic nitrogens is 2. The number of imidazole rings is 1. The van der Waals surface area contributed by atoms with Crippen molar-refractivity contribution >= 4 is 5.91 Å². The molecular formula is C18H23N3O2. The van der Waals surface area contributed by atoms with Crippen LogP contribution in [-0.2, 0) is 16.1 Å². The Morgan fingerprint density at radius 1 is 1.48 bits per heavy atom. The van der Waals surface area contributed by atoms with Crippen LogP contribution in [0.2, 0.25) is 0 Å². The number of carbonyl (C=O) groups excluding carboxylic acids is 1. The number of carbonyl (C=O) groups is 1. The third-order valence-electron chi connectivity index (χ3n) is 4.42. The van der Waals surface area contributed by atoms with Crippen LogP contribution in [0.1, 0.15) is 25.8 Å². The summed E-state index contributed by atoms with van der Waals surface area (Å²) >= 11 is 0. The summed E-state index contributed by atoms with van der Waals surface area (Å²) in [4.78, 5) is 19.7. The molecule has 0 radical (unpaired) electrons. The monoisotopic (exact) mass is 313 g/mol. The third kappa shape index (κ3) is 3.62. The van der Waals surface area contributed by atoms with Crippen molar-refractivity contribution in [3.8, 4) is 11.4 Å². The van der Waals surface area contributed by atoms with Gasteiger partial charge in [-0.2, -0.15) is 0 Å². The van der Waals surface area contributed by atoms with Crippen molar-refractivity contribution < 1.29 is 9.53 Å². The van der Waals surface area contributed by atoms with Gasteiger partial charge in [0.05, 0.1) is 0 Å². The highest BCUT2D eigenvalue weighted by molar-refractivity contribution is 5.81. The van der Waals surface area contributed by atoms with Crippen molar-refractivity contribution in [1.82, 2.24) is 15.3 Å². The molecule has 122 valence electrons. The number of aromatic amines is 1. The van der Waals surface area contributed by atoms with Gasteiger partial charge in [-0.1, -0.05) is 32.0 Å². The summed E-state index contributed by atoms with van der Waals surface area (Å²) < 4.78 is 5.63. The molecule has 1 saturated heterocycles. The summed E-state index contributed by atoms with van der Waals surface area (Å²) in [6.45, 7) is 5.46. The highest BCUT2D eigenvalue weighted by Gasteiger charge is 2.35. The van der Waals surface area contributed by atoms with E-state index >= 15 is 0 Å². The molecule has 0 unspecified atom stereocenters. The van der Waals surface area contributed by atoms with Gasteiger partial charge in [-0.15, -0.1) is 0 Å². The minimum atomic E-state index is -0.316. The first-order chi connectivity index (χ1) is 11.1. The Bertz CT molecular complexity index is 652. The van der Waals surface area contributed by atoms with Gasteiger partial charge in [-0.05, 0) is 29.9 Å². The number of nitrogens with one attached hydrogen (secondary N) is 2. The molecule has 0 aliphatic carbocycles. The molecule has 1 amide bonds. The molecule has 1 aliphatic rings. The van der Waals surface area contributed by atoms with Crippen molar-refractivity contribution in [3.05, 3.63) is 42.2 Å².